The molecule has 20 heavy (non-hydrogen) atoms. The molecule has 0 aliphatic heterocycles. The third-order valence-electron chi connectivity index (χ3n) is 3.61. The summed E-state index contributed by atoms with van der Waals surface area (Å²) in [6.07, 6.45) is 4.09. The molecule has 1 N–H and O–H groups in total. The molecule has 2 amide bonds. The molecule has 1 aromatic carbocycles. The Kier molecular flexibility index (Phi) is 5.01. The van der Waals surface area contributed by atoms with Crippen molar-refractivity contribution in [1.29, 1.82) is 0 Å². The molecule has 108 valence electrons. The highest BCUT2D eigenvalue weighted by Crippen LogP contribution is 2.26. The number of likely N-dealkylation sites (N-methyl/N-ethyl adjacent to an activating group) is 1. The maximum absolute atomic E-state index is 12.1. The summed E-state index contributed by atoms with van der Waals surface area (Å²) in [6, 6.07) is 7.05. The van der Waals surface area contributed by atoms with Crippen LogP contribution in [0.1, 0.15) is 25.7 Å². The maximum Gasteiger partial charge on any atom is 0.244 e. The Morgan fingerprint density at radius 1 is 1.30 bits per heavy atom. The Bertz CT molecular complexity index is 498. The molecule has 0 spiro atoms. The summed E-state index contributed by atoms with van der Waals surface area (Å²) in [5.74, 6) is -0.0723. The molecule has 0 aromatic heterocycles. The minimum atomic E-state index is -0.230. The van der Waals surface area contributed by atoms with Gasteiger partial charge in [0.2, 0.25) is 11.8 Å². The van der Waals surface area contributed by atoms with E-state index in [0.717, 1.165) is 25.7 Å². The number of carbonyl (C=O) groups is 2. The van der Waals surface area contributed by atoms with E-state index in [1.165, 1.54) is 4.90 Å². The number of para-hydroxylation sites is 1. The van der Waals surface area contributed by atoms with Crippen LogP contribution in [0.4, 0.5) is 5.69 Å². The van der Waals surface area contributed by atoms with Gasteiger partial charge in [0.25, 0.3) is 0 Å². The molecular formula is C15H19ClN2O2. The number of hydrogen-bond donors (Lipinski definition) is 1. The fourth-order valence-corrected chi connectivity index (χ4v) is 2.71. The van der Waals surface area contributed by atoms with Crippen LogP contribution in [0, 0.1) is 5.92 Å². The van der Waals surface area contributed by atoms with Crippen LogP contribution < -0.4 is 5.32 Å². The highest BCUT2D eigenvalue weighted by molar-refractivity contribution is 6.33. The first-order valence-corrected chi connectivity index (χ1v) is 7.25. The first-order valence-electron chi connectivity index (χ1n) is 6.87. The average molecular weight is 295 g/mol. The Morgan fingerprint density at radius 3 is 2.60 bits per heavy atom. The van der Waals surface area contributed by atoms with Crippen molar-refractivity contribution in [3.8, 4) is 0 Å². The van der Waals surface area contributed by atoms with E-state index in [4.69, 9.17) is 11.6 Å². The number of nitrogens with one attached hydrogen (secondary N) is 1. The maximum atomic E-state index is 12.1. The SMILES string of the molecule is CN(CC(=O)Nc1ccccc1Cl)C(=O)C1CCCC1. The van der Waals surface area contributed by atoms with Gasteiger partial charge in [0.15, 0.2) is 0 Å². The quantitative estimate of drug-likeness (QED) is 0.928. The third-order valence-corrected chi connectivity index (χ3v) is 3.94. The highest BCUT2D eigenvalue weighted by Gasteiger charge is 2.26. The van der Waals surface area contributed by atoms with Crippen molar-refractivity contribution < 1.29 is 9.59 Å². The smallest absolute Gasteiger partial charge is 0.244 e. The van der Waals surface area contributed by atoms with Gasteiger partial charge in [-0.15, -0.1) is 0 Å². The van der Waals surface area contributed by atoms with E-state index in [1.807, 2.05) is 0 Å². The number of anilines is 1. The predicted molar refractivity (Wildman–Crippen MR) is 79.7 cm³/mol. The summed E-state index contributed by atoms with van der Waals surface area (Å²) < 4.78 is 0. The summed E-state index contributed by atoms with van der Waals surface area (Å²) in [7, 11) is 1.67. The summed E-state index contributed by atoms with van der Waals surface area (Å²) >= 11 is 5.98. The fraction of sp³-hybridized carbons (Fsp3) is 0.467. The molecule has 1 aliphatic carbocycles. The van der Waals surface area contributed by atoms with Crippen molar-refractivity contribution in [1.82, 2.24) is 4.90 Å². The van der Waals surface area contributed by atoms with Gasteiger partial charge in [-0.3, -0.25) is 9.59 Å². The highest BCUT2D eigenvalue weighted by atomic mass is 35.5. The molecule has 1 aromatic rings. The molecule has 1 fully saturated rings. The van der Waals surface area contributed by atoms with Crippen molar-refractivity contribution in [2.45, 2.75) is 25.7 Å². The van der Waals surface area contributed by atoms with Gasteiger partial charge in [-0.25, -0.2) is 0 Å². The van der Waals surface area contributed by atoms with E-state index in [9.17, 15) is 9.59 Å². The number of rotatable bonds is 4. The average Bonchev–Trinajstić information content (AvgIpc) is 2.94. The lowest BCUT2D eigenvalue weighted by atomic mass is 10.1. The van der Waals surface area contributed by atoms with Gasteiger partial charge in [-0.05, 0) is 25.0 Å². The number of nitrogens with zero attached hydrogens (tertiary/aromatic N) is 1. The fourth-order valence-electron chi connectivity index (χ4n) is 2.53. The topological polar surface area (TPSA) is 49.4 Å². The second kappa shape index (κ2) is 6.75. The number of amides is 2. The van der Waals surface area contributed by atoms with Gasteiger partial charge < -0.3 is 10.2 Å². The normalized spacial score (nSPS) is 15.1. The molecule has 0 bridgehead atoms. The molecular weight excluding hydrogens is 276 g/mol. The number of benzene rings is 1. The van der Waals surface area contributed by atoms with Gasteiger partial charge in [-0.2, -0.15) is 0 Å². The van der Waals surface area contributed by atoms with Crippen molar-refractivity contribution in [3.63, 3.8) is 0 Å². The minimum Gasteiger partial charge on any atom is -0.336 e. The van der Waals surface area contributed by atoms with Crippen molar-refractivity contribution in [2.75, 3.05) is 18.9 Å². The van der Waals surface area contributed by atoms with E-state index < -0.39 is 0 Å². The lowest BCUT2D eigenvalue weighted by Crippen LogP contribution is -2.38. The predicted octanol–water partition coefficient (Wildman–Crippen LogP) is 2.93. The molecule has 0 radical (unpaired) electrons. The molecule has 1 saturated carbocycles. The van der Waals surface area contributed by atoms with Gasteiger partial charge in [0, 0.05) is 13.0 Å². The van der Waals surface area contributed by atoms with Crippen LogP contribution >= 0.6 is 11.6 Å². The molecule has 4 nitrogen and oxygen atoms in total. The lowest BCUT2D eigenvalue weighted by molar-refractivity contribution is -0.136. The zero-order chi connectivity index (χ0) is 14.5. The molecule has 0 heterocycles. The number of hydrogen-bond acceptors (Lipinski definition) is 2. The first kappa shape index (κ1) is 14.9. The van der Waals surface area contributed by atoms with Crippen molar-refractivity contribution in [2.24, 2.45) is 5.92 Å². The number of halogens is 1. The molecule has 2 rings (SSSR count). The van der Waals surface area contributed by atoms with Crippen LogP contribution in [0.3, 0.4) is 0 Å². The molecule has 0 saturated heterocycles. The van der Waals surface area contributed by atoms with Gasteiger partial charge in [0.05, 0.1) is 17.3 Å². The Labute approximate surface area is 124 Å². The van der Waals surface area contributed by atoms with E-state index in [1.54, 1.807) is 31.3 Å². The molecule has 1 aliphatic rings. The summed E-state index contributed by atoms with van der Waals surface area (Å²) in [5, 5.41) is 3.21. The van der Waals surface area contributed by atoms with E-state index in [-0.39, 0.29) is 24.3 Å². The summed E-state index contributed by atoms with van der Waals surface area (Å²) in [5.41, 5.74) is 0.570. The van der Waals surface area contributed by atoms with Gasteiger partial charge in [-0.1, -0.05) is 36.6 Å². The first-order chi connectivity index (χ1) is 9.58. The molecule has 0 atom stereocenters. The van der Waals surface area contributed by atoms with Crippen LogP contribution in [0.5, 0.6) is 0 Å². The molecule has 5 heteroatoms. The van der Waals surface area contributed by atoms with Crippen LogP contribution in [-0.4, -0.2) is 30.3 Å². The Hall–Kier alpha value is -1.55. The van der Waals surface area contributed by atoms with E-state index >= 15 is 0 Å². The summed E-state index contributed by atoms with van der Waals surface area (Å²) in [6.45, 7) is 0.0561. The molecule has 0 unspecified atom stereocenters. The minimum absolute atomic E-state index is 0.0561. The van der Waals surface area contributed by atoms with Crippen LogP contribution in [0.2, 0.25) is 5.02 Å². The number of carbonyl (C=O) groups excluding carboxylic acids is 2. The standard InChI is InChI=1S/C15H19ClN2O2/c1-18(15(20)11-6-2-3-7-11)10-14(19)17-13-9-5-4-8-12(13)16/h4-5,8-9,11H,2-3,6-7,10H2,1H3,(H,17,19). The monoisotopic (exact) mass is 294 g/mol. The Morgan fingerprint density at radius 2 is 1.95 bits per heavy atom. The van der Waals surface area contributed by atoms with Crippen LogP contribution in [0.15, 0.2) is 24.3 Å². The van der Waals surface area contributed by atoms with Crippen molar-refractivity contribution >= 4 is 29.1 Å². The Balaban J connectivity index is 1.87. The van der Waals surface area contributed by atoms with E-state index in [0.29, 0.717) is 10.7 Å². The largest absolute Gasteiger partial charge is 0.336 e. The zero-order valence-electron chi connectivity index (χ0n) is 11.6. The van der Waals surface area contributed by atoms with Crippen LogP contribution in [0.25, 0.3) is 0 Å². The van der Waals surface area contributed by atoms with Crippen LogP contribution in [-0.2, 0) is 9.59 Å². The summed E-state index contributed by atoms with van der Waals surface area (Å²) in [4.78, 5) is 25.6. The lowest BCUT2D eigenvalue weighted by Gasteiger charge is -2.20. The van der Waals surface area contributed by atoms with Gasteiger partial charge in [0.1, 0.15) is 0 Å². The van der Waals surface area contributed by atoms with Gasteiger partial charge >= 0.3 is 0 Å². The van der Waals surface area contributed by atoms with E-state index in [2.05, 4.69) is 5.32 Å². The van der Waals surface area contributed by atoms with Crippen molar-refractivity contribution in [3.05, 3.63) is 29.3 Å². The second-order valence-corrected chi connectivity index (χ2v) is 5.61. The second-order valence-electron chi connectivity index (χ2n) is 5.20. The third kappa shape index (κ3) is 3.73. The zero-order valence-corrected chi connectivity index (χ0v) is 12.3.